The Kier molecular flexibility index (Phi) is 4.38. The molecular formula is C16H24BrNO. The Morgan fingerprint density at radius 3 is 2.84 bits per heavy atom. The van der Waals surface area contributed by atoms with Crippen molar-refractivity contribution in [1.82, 2.24) is 5.32 Å². The summed E-state index contributed by atoms with van der Waals surface area (Å²) in [7, 11) is 0. The van der Waals surface area contributed by atoms with Crippen LogP contribution < -0.4 is 5.32 Å². The second-order valence-corrected chi connectivity index (χ2v) is 6.18. The van der Waals surface area contributed by atoms with E-state index in [1.807, 2.05) is 0 Å². The van der Waals surface area contributed by atoms with E-state index in [9.17, 15) is 0 Å². The molecule has 106 valence electrons. The molecule has 1 aromatic rings. The van der Waals surface area contributed by atoms with Crippen molar-refractivity contribution in [3.63, 3.8) is 0 Å². The zero-order chi connectivity index (χ0) is 11.3. The molecule has 3 heteroatoms. The lowest BCUT2D eigenvalue weighted by molar-refractivity contribution is 0.0798. The van der Waals surface area contributed by atoms with E-state index >= 15 is 0 Å². The average Bonchev–Trinajstić information content (AvgIpc) is 2.39. The van der Waals surface area contributed by atoms with Crippen LogP contribution in [0.2, 0.25) is 0 Å². The van der Waals surface area contributed by atoms with Crippen LogP contribution in [0.15, 0.2) is 24.3 Å². The number of benzene rings is 1. The number of nitrogens with one attached hydrogen (secondary N) is 1. The van der Waals surface area contributed by atoms with Crippen LogP contribution in [0, 0.1) is 5.92 Å². The van der Waals surface area contributed by atoms with Crippen LogP contribution in [-0.4, -0.2) is 18.1 Å². The highest BCUT2D eigenvalue weighted by Crippen LogP contribution is 2.53. The minimum Gasteiger partial charge on any atom is -0.412 e. The van der Waals surface area contributed by atoms with E-state index in [-0.39, 0.29) is 22.5 Å². The monoisotopic (exact) mass is 325 g/mol. The van der Waals surface area contributed by atoms with E-state index in [0.29, 0.717) is 5.41 Å². The molecule has 0 aromatic heterocycles. The third-order valence-corrected chi connectivity index (χ3v) is 5.55. The largest absolute Gasteiger partial charge is 0.412 e. The van der Waals surface area contributed by atoms with Gasteiger partial charge in [0.05, 0.1) is 0 Å². The topological polar surface area (TPSA) is 43.5 Å². The summed E-state index contributed by atoms with van der Waals surface area (Å²) in [6, 6.07) is 10.0. The average molecular weight is 326 g/mol. The fourth-order valence-electron chi connectivity index (χ4n) is 4.89. The molecule has 1 heterocycles. The molecule has 1 saturated carbocycles. The van der Waals surface area contributed by atoms with Gasteiger partial charge < -0.3 is 10.8 Å². The van der Waals surface area contributed by atoms with E-state index in [4.69, 9.17) is 0 Å². The molecule has 3 N–H and O–H groups in total. The quantitative estimate of drug-likeness (QED) is 0.783. The second kappa shape index (κ2) is 5.55. The Labute approximate surface area is 126 Å². The maximum atomic E-state index is 3.79. The Bertz CT molecular complexity index is 446. The zero-order valence-electron chi connectivity index (χ0n) is 11.3. The fourth-order valence-corrected chi connectivity index (χ4v) is 4.89. The summed E-state index contributed by atoms with van der Waals surface area (Å²) in [5.74, 6) is 0.917. The van der Waals surface area contributed by atoms with E-state index in [1.165, 1.54) is 45.1 Å². The van der Waals surface area contributed by atoms with Gasteiger partial charge in [-0.3, -0.25) is 0 Å². The number of hydrogen-bond acceptors (Lipinski definition) is 1. The predicted molar refractivity (Wildman–Crippen MR) is 84.1 cm³/mol. The van der Waals surface area contributed by atoms with Crippen molar-refractivity contribution >= 4 is 17.0 Å². The Hall–Kier alpha value is -0.380. The van der Waals surface area contributed by atoms with Crippen LogP contribution in [0.5, 0.6) is 0 Å². The number of halogens is 1. The van der Waals surface area contributed by atoms with Crippen LogP contribution >= 0.6 is 17.0 Å². The second-order valence-electron chi connectivity index (χ2n) is 6.18. The van der Waals surface area contributed by atoms with E-state index in [2.05, 4.69) is 29.6 Å². The van der Waals surface area contributed by atoms with Crippen molar-refractivity contribution in [2.45, 2.75) is 50.0 Å². The van der Waals surface area contributed by atoms with E-state index in [0.717, 1.165) is 12.0 Å². The van der Waals surface area contributed by atoms with Gasteiger partial charge in [-0.15, -0.1) is 17.0 Å². The molecular weight excluding hydrogens is 302 g/mol. The van der Waals surface area contributed by atoms with Gasteiger partial charge in [-0.05, 0) is 49.3 Å². The van der Waals surface area contributed by atoms with Crippen molar-refractivity contribution in [2.24, 2.45) is 5.92 Å². The lowest BCUT2D eigenvalue weighted by Gasteiger charge is -2.56. The van der Waals surface area contributed by atoms with Crippen LogP contribution in [-0.2, 0) is 11.8 Å². The van der Waals surface area contributed by atoms with Crippen LogP contribution in [0.25, 0.3) is 0 Å². The molecule has 3 atom stereocenters. The number of rotatable bonds is 0. The first-order valence-electron chi connectivity index (χ1n) is 7.22. The summed E-state index contributed by atoms with van der Waals surface area (Å²) < 4.78 is 0. The SMILES string of the molecule is Br.O.c1ccc2c(c1)C[C@H]1NCC[C@]23CCCC[C@H]13. The third-order valence-electron chi connectivity index (χ3n) is 5.55. The first kappa shape index (κ1) is 15.0. The van der Waals surface area contributed by atoms with E-state index in [1.54, 1.807) is 11.1 Å². The lowest BCUT2D eigenvalue weighted by Crippen LogP contribution is -2.59. The van der Waals surface area contributed by atoms with Crippen molar-refractivity contribution in [2.75, 3.05) is 6.54 Å². The summed E-state index contributed by atoms with van der Waals surface area (Å²) in [5.41, 5.74) is 3.88. The zero-order valence-corrected chi connectivity index (χ0v) is 13.0. The predicted octanol–water partition coefficient (Wildman–Crippen LogP) is 2.79. The molecule has 0 unspecified atom stereocenters. The molecule has 3 aliphatic rings. The van der Waals surface area contributed by atoms with Crippen molar-refractivity contribution < 1.29 is 5.48 Å². The maximum absolute atomic E-state index is 3.79. The third kappa shape index (κ3) is 2.07. The molecule has 0 amide bonds. The Morgan fingerprint density at radius 1 is 1.11 bits per heavy atom. The molecule has 2 nitrogen and oxygen atoms in total. The molecule has 4 rings (SSSR count). The van der Waals surface area contributed by atoms with Crippen molar-refractivity contribution in [3.05, 3.63) is 35.4 Å². The van der Waals surface area contributed by atoms with Crippen LogP contribution in [0.1, 0.15) is 43.2 Å². The highest BCUT2D eigenvalue weighted by molar-refractivity contribution is 8.93. The van der Waals surface area contributed by atoms with Gasteiger partial charge in [0.2, 0.25) is 0 Å². The summed E-state index contributed by atoms with van der Waals surface area (Å²) in [6.07, 6.45) is 8.41. The van der Waals surface area contributed by atoms with Gasteiger partial charge in [-0.25, -0.2) is 0 Å². The first-order valence-corrected chi connectivity index (χ1v) is 7.22. The van der Waals surface area contributed by atoms with Crippen molar-refractivity contribution in [3.8, 4) is 0 Å². The van der Waals surface area contributed by atoms with Crippen molar-refractivity contribution in [1.29, 1.82) is 0 Å². The van der Waals surface area contributed by atoms with Gasteiger partial charge in [0.1, 0.15) is 0 Å². The van der Waals surface area contributed by atoms with Gasteiger partial charge >= 0.3 is 0 Å². The molecule has 1 saturated heterocycles. The van der Waals surface area contributed by atoms with Gasteiger partial charge in [0, 0.05) is 11.5 Å². The van der Waals surface area contributed by atoms with Gasteiger partial charge in [0.25, 0.3) is 0 Å². The summed E-state index contributed by atoms with van der Waals surface area (Å²) in [4.78, 5) is 0. The van der Waals surface area contributed by atoms with Crippen LogP contribution in [0.3, 0.4) is 0 Å². The lowest BCUT2D eigenvalue weighted by atomic mass is 9.53. The molecule has 19 heavy (non-hydrogen) atoms. The number of piperidine rings is 1. The maximum Gasteiger partial charge on any atom is 0.0144 e. The molecule has 2 aliphatic carbocycles. The van der Waals surface area contributed by atoms with Gasteiger partial charge in [-0.2, -0.15) is 0 Å². The molecule has 0 radical (unpaired) electrons. The Morgan fingerprint density at radius 2 is 1.95 bits per heavy atom. The number of fused-ring (bicyclic) bond motifs is 1. The highest BCUT2D eigenvalue weighted by Gasteiger charge is 2.51. The summed E-state index contributed by atoms with van der Waals surface area (Å²) >= 11 is 0. The van der Waals surface area contributed by atoms with Gasteiger partial charge in [0.15, 0.2) is 0 Å². The van der Waals surface area contributed by atoms with E-state index < -0.39 is 0 Å². The minimum absolute atomic E-state index is 0. The molecule has 1 aliphatic heterocycles. The van der Waals surface area contributed by atoms with Crippen LogP contribution in [0.4, 0.5) is 0 Å². The molecule has 1 aromatic carbocycles. The Balaban J connectivity index is 0.000000667. The molecule has 2 fully saturated rings. The minimum atomic E-state index is 0. The first-order chi connectivity index (χ1) is 8.40. The molecule has 0 spiro atoms. The normalized spacial score (nSPS) is 35.2. The highest BCUT2D eigenvalue weighted by atomic mass is 79.9. The van der Waals surface area contributed by atoms with Gasteiger partial charge in [-0.1, -0.05) is 37.1 Å². The smallest absolute Gasteiger partial charge is 0.0144 e. The summed E-state index contributed by atoms with van der Waals surface area (Å²) in [6.45, 7) is 1.23. The summed E-state index contributed by atoms with van der Waals surface area (Å²) in [5, 5.41) is 3.79. The fraction of sp³-hybridized carbons (Fsp3) is 0.625. The number of hydrogen-bond donors (Lipinski definition) is 1. The standard InChI is InChI=1S/C16H21N.BrH.H2O/c1-2-6-13-12(5-1)11-15-14-7-3-4-8-16(13,14)9-10-17-15;;/h1-2,5-6,14-15,17H,3-4,7-11H2;1H;1H2/t14-,15-,16-;;/m1../s1. The molecule has 2 bridgehead atoms.